The third kappa shape index (κ3) is 5.24. The molecule has 2 atom stereocenters. The minimum Gasteiger partial charge on any atom is -0.373 e. The summed E-state index contributed by atoms with van der Waals surface area (Å²) in [6, 6.07) is 7.99. The number of aromatic nitrogens is 3. The average molecular weight is 390 g/mol. The van der Waals surface area contributed by atoms with E-state index >= 15 is 0 Å². The zero-order valence-electron chi connectivity index (χ0n) is 16.1. The van der Waals surface area contributed by atoms with E-state index in [-0.39, 0.29) is 24.7 Å². The second kappa shape index (κ2) is 8.77. The molecule has 1 aromatic carbocycles. The van der Waals surface area contributed by atoms with Crippen LogP contribution in [0.15, 0.2) is 24.3 Å². The Balaban J connectivity index is 1.56. The molecule has 7 nitrogen and oxygen atoms in total. The van der Waals surface area contributed by atoms with Crippen LogP contribution in [0.25, 0.3) is 11.4 Å². The van der Waals surface area contributed by atoms with Gasteiger partial charge in [0.15, 0.2) is 10.6 Å². The van der Waals surface area contributed by atoms with Crippen LogP contribution in [-0.4, -0.2) is 64.0 Å². The first-order valence-electron chi connectivity index (χ1n) is 9.29. The maximum Gasteiger partial charge on any atom is 0.240 e. The van der Waals surface area contributed by atoms with Crippen molar-refractivity contribution < 1.29 is 9.53 Å². The lowest BCUT2D eigenvalue weighted by Gasteiger charge is -2.35. The normalized spacial score (nSPS) is 20.6. The molecule has 3 rings (SSSR count). The molecule has 146 valence electrons. The number of aryl methyl sites for hydroxylation is 1. The summed E-state index contributed by atoms with van der Waals surface area (Å²) in [7, 11) is 0. The molecule has 1 aromatic heterocycles. The molecule has 1 aliphatic heterocycles. The van der Waals surface area contributed by atoms with Crippen molar-refractivity contribution in [3.8, 4) is 11.4 Å². The summed E-state index contributed by atoms with van der Waals surface area (Å²) in [4.78, 5) is 14.7. The van der Waals surface area contributed by atoms with Gasteiger partial charge in [-0.25, -0.2) is 0 Å². The zero-order chi connectivity index (χ0) is 19.4. The van der Waals surface area contributed by atoms with E-state index in [1.54, 1.807) is 4.57 Å². The van der Waals surface area contributed by atoms with Gasteiger partial charge in [-0.15, -0.1) is 0 Å². The minimum absolute atomic E-state index is 0.0739. The Bertz CT molecular complexity index is 819. The molecule has 0 radical (unpaired) electrons. The van der Waals surface area contributed by atoms with Crippen LogP contribution in [0, 0.1) is 11.7 Å². The second-order valence-electron chi connectivity index (χ2n) is 7.17. The zero-order valence-corrected chi connectivity index (χ0v) is 16.9. The van der Waals surface area contributed by atoms with Crippen LogP contribution in [-0.2, 0) is 16.1 Å². The van der Waals surface area contributed by atoms with E-state index in [9.17, 15) is 4.79 Å². The predicted molar refractivity (Wildman–Crippen MR) is 107 cm³/mol. The van der Waals surface area contributed by atoms with Crippen molar-refractivity contribution >= 4 is 18.1 Å². The van der Waals surface area contributed by atoms with Gasteiger partial charge in [-0.05, 0) is 33.0 Å². The van der Waals surface area contributed by atoms with E-state index in [0.717, 1.165) is 25.2 Å². The van der Waals surface area contributed by atoms with Crippen LogP contribution in [0.1, 0.15) is 19.4 Å². The molecule has 0 aliphatic carbocycles. The van der Waals surface area contributed by atoms with E-state index in [1.807, 2.05) is 31.2 Å². The monoisotopic (exact) mass is 389 g/mol. The molecule has 0 bridgehead atoms. The number of carbonyl (C=O) groups is 1. The molecule has 2 unspecified atom stereocenters. The lowest BCUT2D eigenvalue weighted by molar-refractivity contribution is -0.121. The highest BCUT2D eigenvalue weighted by Gasteiger charge is 2.21. The lowest BCUT2D eigenvalue weighted by Crippen LogP contribution is -2.48. The van der Waals surface area contributed by atoms with Crippen molar-refractivity contribution in [3.63, 3.8) is 0 Å². The Kier molecular flexibility index (Phi) is 6.41. The number of nitrogens with one attached hydrogen (secondary N) is 2. The number of H-pyrrole nitrogens is 1. The molecule has 1 amide bonds. The van der Waals surface area contributed by atoms with Gasteiger partial charge in [0.2, 0.25) is 5.91 Å². The first-order valence-corrected chi connectivity index (χ1v) is 9.70. The SMILES string of the molecule is Cc1ccc(-c2n[nH]c(=S)n2CC(=O)NCCN2CC(C)OC(C)C2)cc1. The summed E-state index contributed by atoms with van der Waals surface area (Å²) in [6.07, 6.45) is 0.455. The minimum atomic E-state index is -0.0739. The van der Waals surface area contributed by atoms with Crippen molar-refractivity contribution in [2.75, 3.05) is 26.2 Å². The molecular weight excluding hydrogens is 362 g/mol. The number of morpholine rings is 1. The van der Waals surface area contributed by atoms with E-state index in [1.165, 1.54) is 5.56 Å². The van der Waals surface area contributed by atoms with Crippen LogP contribution in [0.4, 0.5) is 0 Å². The molecule has 1 fully saturated rings. The van der Waals surface area contributed by atoms with Gasteiger partial charge in [0.05, 0.1) is 12.2 Å². The van der Waals surface area contributed by atoms with Crippen molar-refractivity contribution in [1.29, 1.82) is 0 Å². The smallest absolute Gasteiger partial charge is 0.240 e. The quantitative estimate of drug-likeness (QED) is 0.741. The van der Waals surface area contributed by atoms with Crippen LogP contribution in [0.3, 0.4) is 0 Å². The van der Waals surface area contributed by atoms with Crippen LogP contribution in [0.2, 0.25) is 0 Å². The summed E-state index contributed by atoms with van der Waals surface area (Å²) in [6.45, 7) is 9.53. The number of carbonyl (C=O) groups excluding carboxylic acids is 1. The number of amides is 1. The molecule has 27 heavy (non-hydrogen) atoms. The third-order valence-electron chi connectivity index (χ3n) is 4.62. The molecule has 0 saturated carbocycles. The van der Waals surface area contributed by atoms with E-state index < -0.39 is 0 Å². The Labute approximate surface area is 164 Å². The van der Waals surface area contributed by atoms with E-state index in [4.69, 9.17) is 17.0 Å². The van der Waals surface area contributed by atoms with Crippen molar-refractivity contribution in [3.05, 3.63) is 34.6 Å². The number of hydrogen-bond acceptors (Lipinski definition) is 5. The average Bonchev–Trinajstić information content (AvgIpc) is 2.95. The predicted octanol–water partition coefficient (Wildman–Crippen LogP) is 2.14. The van der Waals surface area contributed by atoms with Crippen molar-refractivity contribution in [2.24, 2.45) is 0 Å². The summed E-state index contributed by atoms with van der Waals surface area (Å²) in [5, 5.41) is 10.1. The van der Waals surface area contributed by atoms with Gasteiger partial charge >= 0.3 is 0 Å². The van der Waals surface area contributed by atoms with Crippen molar-refractivity contribution in [1.82, 2.24) is 25.0 Å². The molecule has 2 aromatic rings. The Morgan fingerprint density at radius 3 is 2.63 bits per heavy atom. The highest BCUT2D eigenvalue weighted by atomic mass is 32.1. The number of nitrogens with zero attached hydrogens (tertiary/aromatic N) is 3. The first kappa shape index (κ1) is 19.7. The third-order valence-corrected chi connectivity index (χ3v) is 4.93. The maximum atomic E-state index is 12.4. The van der Waals surface area contributed by atoms with Crippen LogP contribution < -0.4 is 5.32 Å². The largest absolute Gasteiger partial charge is 0.373 e. The molecule has 1 aliphatic rings. The Morgan fingerprint density at radius 1 is 1.30 bits per heavy atom. The topological polar surface area (TPSA) is 75.2 Å². The van der Waals surface area contributed by atoms with Gasteiger partial charge in [-0.3, -0.25) is 19.4 Å². The molecular formula is C19H27N5O2S. The molecule has 1 saturated heterocycles. The number of ether oxygens (including phenoxy) is 1. The highest BCUT2D eigenvalue weighted by molar-refractivity contribution is 7.71. The fourth-order valence-corrected chi connectivity index (χ4v) is 3.60. The van der Waals surface area contributed by atoms with E-state index in [2.05, 4.69) is 34.3 Å². The van der Waals surface area contributed by atoms with E-state index in [0.29, 0.717) is 17.1 Å². The number of aromatic amines is 1. The van der Waals surface area contributed by atoms with Crippen LogP contribution >= 0.6 is 12.2 Å². The van der Waals surface area contributed by atoms with Gasteiger partial charge in [0, 0.05) is 31.7 Å². The molecule has 0 spiro atoms. The Morgan fingerprint density at radius 2 is 1.96 bits per heavy atom. The van der Waals surface area contributed by atoms with Gasteiger partial charge in [0.25, 0.3) is 0 Å². The number of hydrogen-bond donors (Lipinski definition) is 2. The summed E-state index contributed by atoms with van der Waals surface area (Å²) in [5.41, 5.74) is 2.10. The van der Waals surface area contributed by atoms with Crippen LogP contribution in [0.5, 0.6) is 0 Å². The van der Waals surface area contributed by atoms with Gasteiger partial charge < -0.3 is 10.1 Å². The molecule has 2 heterocycles. The maximum absolute atomic E-state index is 12.4. The fraction of sp³-hybridized carbons (Fsp3) is 0.526. The highest BCUT2D eigenvalue weighted by Crippen LogP contribution is 2.17. The van der Waals surface area contributed by atoms with Gasteiger partial charge in [-0.2, -0.15) is 5.10 Å². The van der Waals surface area contributed by atoms with Gasteiger partial charge in [-0.1, -0.05) is 29.8 Å². The first-order chi connectivity index (χ1) is 12.9. The molecule has 8 heteroatoms. The van der Waals surface area contributed by atoms with Crippen molar-refractivity contribution in [2.45, 2.75) is 39.5 Å². The number of rotatable bonds is 6. The molecule has 2 N–H and O–H groups in total. The second-order valence-corrected chi connectivity index (χ2v) is 7.56. The summed E-state index contributed by atoms with van der Waals surface area (Å²) < 4.78 is 7.91. The van der Waals surface area contributed by atoms with Gasteiger partial charge in [0.1, 0.15) is 6.54 Å². The lowest BCUT2D eigenvalue weighted by atomic mass is 10.1. The summed E-state index contributed by atoms with van der Waals surface area (Å²) in [5.74, 6) is 0.598. The fourth-order valence-electron chi connectivity index (χ4n) is 3.41. The summed E-state index contributed by atoms with van der Waals surface area (Å²) >= 11 is 5.30. The Hall–Kier alpha value is -2.03. The standard InChI is InChI=1S/C19H27N5O2S/c1-13-4-6-16(7-5-13)18-21-22-19(27)24(18)12-17(25)20-8-9-23-10-14(2)26-15(3)11-23/h4-7,14-15H,8-12H2,1-3H3,(H,20,25)(H,22,27). The number of benzene rings is 1.